The molecule has 4 rings (SSSR count). The van der Waals surface area contributed by atoms with Crippen LogP contribution in [0.2, 0.25) is 0 Å². The van der Waals surface area contributed by atoms with E-state index in [2.05, 4.69) is 0 Å². The predicted octanol–water partition coefficient (Wildman–Crippen LogP) is 4.77. The highest BCUT2D eigenvalue weighted by Crippen LogP contribution is 2.43. The van der Waals surface area contributed by atoms with Crippen LogP contribution in [0.25, 0.3) is 0 Å². The molecule has 8 heteroatoms. The van der Waals surface area contributed by atoms with Crippen LogP contribution in [0.5, 0.6) is 5.75 Å². The molecule has 0 heterocycles. The molecule has 0 saturated heterocycles. The minimum Gasteiger partial charge on any atom is -0.507 e. The number of fused-ring (bicyclic) bond motifs is 1. The Hall–Kier alpha value is -3.81. The number of carbonyl (C=O) groups excluding carboxylic acids is 2. The van der Waals surface area contributed by atoms with E-state index in [0.29, 0.717) is 29.5 Å². The summed E-state index contributed by atoms with van der Waals surface area (Å²) in [6.07, 6.45) is -3.81. The lowest BCUT2D eigenvalue weighted by atomic mass is 9.97. The fraction of sp³-hybridized carbons (Fsp3) is 0.200. The lowest BCUT2D eigenvalue weighted by Crippen LogP contribution is -2.43. The highest BCUT2D eigenvalue weighted by atomic mass is 19.4. The van der Waals surface area contributed by atoms with E-state index in [1.165, 1.54) is 23.1 Å². The summed E-state index contributed by atoms with van der Waals surface area (Å²) >= 11 is 0. The SMILES string of the molecule is NC(=O)[C@@H](c1ccccc1)N(C(=O)c1ccccc1O)[C@@H]1CCc2ccc(C(F)(F)F)cc21. The van der Waals surface area contributed by atoms with Crippen LogP contribution >= 0.6 is 0 Å². The second-order valence-electron chi connectivity index (χ2n) is 7.91. The second kappa shape index (κ2) is 8.61. The molecule has 0 aromatic heterocycles. The van der Waals surface area contributed by atoms with Crippen LogP contribution < -0.4 is 5.73 Å². The molecule has 3 N–H and O–H groups in total. The van der Waals surface area contributed by atoms with Crippen molar-refractivity contribution in [3.8, 4) is 5.75 Å². The number of primary amides is 1. The van der Waals surface area contributed by atoms with Crippen LogP contribution in [-0.4, -0.2) is 21.8 Å². The van der Waals surface area contributed by atoms with Crippen molar-refractivity contribution in [3.05, 3.63) is 101 Å². The lowest BCUT2D eigenvalue weighted by Gasteiger charge is -2.36. The van der Waals surface area contributed by atoms with Gasteiger partial charge < -0.3 is 15.7 Å². The first kappa shape index (κ1) is 22.4. The van der Waals surface area contributed by atoms with Gasteiger partial charge in [0.15, 0.2) is 0 Å². The number of halogens is 3. The largest absolute Gasteiger partial charge is 0.507 e. The van der Waals surface area contributed by atoms with Gasteiger partial charge >= 0.3 is 6.18 Å². The van der Waals surface area contributed by atoms with E-state index < -0.39 is 35.6 Å². The third kappa shape index (κ3) is 4.28. The first-order chi connectivity index (χ1) is 15.7. The van der Waals surface area contributed by atoms with Gasteiger partial charge in [-0.3, -0.25) is 9.59 Å². The average molecular weight is 454 g/mol. The summed E-state index contributed by atoms with van der Waals surface area (Å²) in [4.78, 5) is 27.5. The molecule has 170 valence electrons. The van der Waals surface area contributed by atoms with Crippen molar-refractivity contribution < 1.29 is 27.9 Å². The fourth-order valence-corrected chi connectivity index (χ4v) is 4.38. The number of phenolic OH excluding ortho intramolecular Hbond substituents is 1. The van der Waals surface area contributed by atoms with E-state index in [1.807, 2.05) is 0 Å². The molecule has 1 aliphatic carbocycles. The van der Waals surface area contributed by atoms with E-state index in [-0.39, 0.29) is 11.3 Å². The summed E-state index contributed by atoms with van der Waals surface area (Å²) in [6.45, 7) is 0. The van der Waals surface area contributed by atoms with Crippen molar-refractivity contribution in [3.63, 3.8) is 0 Å². The van der Waals surface area contributed by atoms with Gasteiger partial charge in [-0.2, -0.15) is 13.2 Å². The van der Waals surface area contributed by atoms with E-state index in [9.17, 15) is 27.9 Å². The Bertz CT molecular complexity index is 1200. The molecule has 0 fully saturated rings. The third-order valence-electron chi connectivity index (χ3n) is 5.89. The van der Waals surface area contributed by atoms with Crippen LogP contribution in [0.15, 0.2) is 72.8 Å². The van der Waals surface area contributed by atoms with Crippen molar-refractivity contribution in [2.24, 2.45) is 5.73 Å². The molecular formula is C25H21F3N2O3. The Labute approximate surface area is 188 Å². The highest BCUT2D eigenvalue weighted by molar-refractivity contribution is 6.00. The Kier molecular flexibility index (Phi) is 5.84. The standard InChI is InChI=1S/C25H21F3N2O3/c26-25(27,28)17-12-10-15-11-13-20(19(15)14-17)30(24(33)18-8-4-5-9-21(18)31)22(23(29)32)16-6-2-1-3-7-16/h1-10,12,14,20,22,31H,11,13H2,(H2,29,32)/t20-,22-/m1/s1. The monoisotopic (exact) mass is 454 g/mol. The molecule has 0 aliphatic heterocycles. The van der Waals surface area contributed by atoms with Gasteiger partial charge in [-0.15, -0.1) is 0 Å². The molecule has 0 unspecified atom stereocenters. The van der Waals surface area contributed by atoms with Crippen molar-refractivity contribution >= 4 is 11.8 Å². The molecule has 3 aromatic carbocycles. The number of nitrogens with zero attached hydrogens (tertiary/aromatic N) is 1. The molecule has 0 spiro atoms. The van der Waals surface area contributed by atoms with E-state index >= 15 is 0 Å². The minimum atomic E-state index is -4.56. The van der Waals surface area contributed by atoms with Crippen LogP contribution in [0, 0.1) is 0 Å². The number of amides is 2. The van der Waals surface area contributed by atoms with Gasteiger partial charge in [-0.25, -0.2) is 0 Å². The van der Waals surface area contributed by atoms with Crippen LogP contribution in [0.4, 0.5) is 13.2 Å². The van der Waals surface area contributed by atoms with E-state index in [0.717, 1.165) is 12.1 Å². The molecule has 2 atom stereocenters. The maximum absolute atomic E-state index is 13.7. The molecule has 3 aromatic rings. The molecule has 1 aliphatic rings. The molecular weight excluding hydrogens is 433 g/mol. The normalized spacial score (nSPS) is 16.2. The number of aryl methyl sites for hydroxylation is 1. The van der Waals surface area contributed by atoms with Crippen molar-refractivity contribution in [2.45, 2.75) is 31.1 Å². The molecule has 0 saturated carbocycles. The van der Waals surface area contributed by atoms with Gasteiger partial charge in [0.2, 0.25) is 5.91 Å². The molecule has 2 amide bonds. The maximum atomic E-state index is 13.7. The van der Waals surface area contributed by atoms with Crippen LogP contribution in [0.1, 0.15) is 51.1 Å². The minimum absolute atomic E-state index is 0.0693. The lowest BCUT2D eigenvalue weighted by molar-refractivity contribution is -0.137. The Morgan fingerprint density at radius 1 is 1.00 bits per heavy atom. The molecule has 0 bridgehead atoms. The number of para-hydroxylation sites is 1. The number of phenols is 1. The summed E-state index contributed by atoms with van der Waals surface area (Å²) in [7, 11) is 0. The average Bonchev–Trinajstić information content (AvgIpc) is 3.20. The van der Waals surface area contributed by atoms with Crippen molar-refractivity contribution in [1.29, 1.82) is 0 Å². The zero-order valence-corrected chi connectivity index (χ0v) is 17.4. The Morgan fingerprint density at radius 2 is 1.67 bits per heavy atom. The molecule has 33 heavy (non-hydrogen) atoms. The molecule has 0 radical (unpaired) electrons. The number of carbonyl (C=O) groups is 2. The Balaban J connectivity index is 1.89. The van der Waals surface area contributed by atoms with Crippen molar-refractivity contribution in [1.82, 2.24) is 4.90 Å². The fourth-order valence-electron chi connectivity index (χ4n) is 4.38. The summed E-state index contributed by atoms with van der Waals surface area (Å²) in [5, 5.41) is 10.3. The van der Waals surface area contributed by atoms with Gasteiger partial charge in [-0.1, -0.05) is 48.5 Å². The number of hydrogen-bond donors (Lipinski definition) is 2. The van der Waals surface area contributed by atoms with E-state index in [1.54, 1.807) is 42.5 Å². The number of rotatable bonds is 5. The van der Waals surface area contributed by atoms with Gasteiger partial charge in [0.25, 0.3) is 5.91 Å². The molecule has 5 nitrogen and oxygen atoms in total. The summed E-state index contributed by atoms with van der Waals surface area (Å²) in [5.41, 5.74) is 6.24. The first-order valence-electron chi connectivity index (χ1n) is 10.3. The number of alkyl halides is 3. The number of nitrogens with two attached hydrogens (primary N) is 1. The smallest absolute Gasteiger partial charge is 0.416 e. The van der Waals surface area contributed by atoms with Gasteiger partial charge in [-0.05, 0) is 53.8 Å². The van der Waals surface area contributed by atoms with Gasteiger partial charge in [0, 0.05) is 0 Å². The zero-order chi connectivity index (χ0) is 23.8. The van der Waals surface area contributed by atoms with Crippen LogP contribution in [0.3, 0.4) is 0 Å². The summed E-state index contributed by atoms with van der Waals surface area (Å²) < 4.78 is 40.3. The quantitative estimate of drug-likeness (QED) is 0.583. The highest BCUT2D eigenvalue weighted by Gasteiger charge is 2.41. The Morgan fingerprint density at radius 3 is 2.30 bits per heavy atom. The summed E-state index contributed by atoms with van der Waals surface area (Å²) in [6, 6.07) is 15.5. The number of hydrogen-bond acceptors (Lipinski definition) is 3. The van der Waals surface area contributed by atoms with E-state index in [4.69, 9.17) is 5.73 Å². The first-order valence-corrected chi connectivity index (χ1v) is 10.3. The third-order valence-corrected chi connectivity index (χ3v) is 5.89. The van der Waals surface area contributed by atoms with Crippen molar-refractivity contribution in [2.75, 3.05) is 0 Å². The zero-order valence-electron chi connectivity index (χ0n) is 17.4. The predicted molar refractivity (Wildman–Crippen MR) is 115 cm³/mol. The topological polar surface area (TPSA) is 83.6 Å². The van der Waals surface area contributed by atoms with Crippen LogP contribution in [-0.2, 0) is 17.4 Å². The van der Waals surface area contributed by atoms with Gasteiger partial charge in [0.05, 0.1) is 17.2 Å². The number of aromatic hydroxyl groups is 1. The maximum Gasteiger partial charge on any atom is 0.416 e. The summed E-state index contributed by atoms with van der Waals surface area (Å²) in [5.74, 6) is -1.83. The second-order valence-corrected chi connectivity index (χ2v) is 7.91. The van der Waals surface area contributed by atoms with Gasteiger partial charge in [0.1, 0.15) is 11.8 Å². The number of benzene rings is 3.